The lowest BCUT2D eigenvalue weighted by Gasteiger charge is -2.09. The van der Waals surface area contributed by atoms with E-state index in [2.05, 4.69) is 5.16 Å². The summed E-state index contributed by atoms with van der Waals surface area (Å²) in [6.07, 6.45) is 1.95. The number of halogens is 3. The number of hydrogen-bond acceptors (Lipinski definition) is 6. The van der Waals surface area contributed by atoms with Crippen molar-refractivity contribution in [2.24, 2.45) is 0 Å². The average Bonchev–Trinajstić information content (AvgIpc) is 3.29. The molecule has 0 fully saturated rings. The van der Waals surface area contributed by atoms with Gasteiger partial charge in [0.15, 0.2) is 10.9 Å². The molecule has 0 amide bonds. The van der Waals surface area contributed by atoms with Gasteiger partial charge in [-0.25, -0.2) is 0 Å². The lowest BCUT2D eigenvalue weighted by Crippen LogP contribution is -2.10. The van der Waals surface area contributed by atoms with Gasteiger partial charge < -0.3 is 14.0 Å². The van der Waals surface area contributed by atoms with Crippen LogP contribution in [-0.4, -0.2) is 16.9 Å². The Hall–Kier alpha value is -2.80. The molecule has 3 aromatic rings. The number of aromatic nitrogens is 1. The van der Waals surface area contributed by atoms with Crippen LogP contribution in [0.3, 0.4) is 0 Å². The number of hydrogen-bond donors (Lipinski definition) is 0. The Balaban J connectivity index is 1.49. The third-order valence-corrected chi connectivity index (χ3v) is 5.52. The van der Waals surface area contributed by atoms with E-state index in [9.17, 15) is 9.59 Å². The van der Waals surface area contributed by atoms with E-state index in [0.717, 1.165) is 0 Å². The number of benzene rings is 2. The Morgan fingerprint density at radius 3 is 2.65 bits per heavy atom. The summed E-state index contributed by atoms with van der Waals surface area (Å²) >= 11 is 17.7. The molecule has 0 radical (unpaired) electrons. The number of allylic oxidation sites excluding steroid dienone is 1. The lowest BCUT2D eigenvalue weighted by molar-refractivity contribution is -0.134. The summed E-state index contributed by atoms with van der Waals surface area (Å²) in [6, 6.07) is 9.68. The van der Waals surface area contributed by atoms with Crippen molar-refractivity contribution in [2.45, 2.75) is 19.8 Å². The molecular formula is C22H14Cl3NO5. The molecule has 0 saturated carbocycles. The maximum Gasteiger partial charge on any atom is 0.311 e. The highest BCUT2D eigenvalue weighted by molar-refractivity contribution is 6.42. The van der Waals surface area contributed by atoms with Gasteiger partial charge in [0.05, 0.1) is 22.0 Å². The molecule has 158 valence electrons. The van der Waals surface area contributed by atoms with E-state index in [1.54, 1.807) is 43.3 Å². The Morgan fingerprint density at radius 2 is 1.94 bits per heavy atom. The maximum absolute atomic E-state index is 12.7. The Labute approximate surface area is 192 Å². The second kappa shape index (κ2) is 8.75. The fourth-order valence-electron chi connectivity index (χ4n) is 3.04. The average molecular weight is 479 g/mol. The van der Waals surface area contributed by atoms with E-state index in [0.29, 0.717) is 50.4 Å². The van der Waals surface area contributed by atoms with Gasteiger partial charge in [-0.1, -0.05) is 46.0 Å². The van der Waals surface area contributed by atoms with E-state index in [-0.39, 0.29) is 23.1 Å². The van der Waals surface area contributed by atoms with E-state index in [1.807, 2.05) is 0 Å². The molecule has 6 nitrogen and oxygen atoms in total. The molecular weight excluding hydrogens is 465 g/mol. The Morgan fingerprint density at radius 1 is 1.13 bits per heavy atom. The number of ketones is 1. The number of ether oxygens (including phenoxy) is 2. The first kappa shape index (κ1) is 21.4. The first-order valence-corrected chi connectivity index (χ1v) is 10.3. The van der Waals surface area contributed by atoms with Gasteiger partial charge in [0.25, 0.3) is 0 Å². The first-order chi connectivity index (χ1) is 14.8. The standard InChI is InChI=1S/C22H14Cl3NO5/c1-11-17(29-20(27)7-3-13-10-19(25)26-31-13)6-4-14-21(28)18(30-22(11)14)9-12-2-5-15(23)16(24)8-12/h2,4-6,8-10H,3,7H2,1H3/b18-9-. The molecule has 2 heterocycles. The van der Waals surface area contributed by atoms with Crippen LogP contribution in [0.5, 0.6) is 11.5 Å². The maximum atomic E-state index is 12.7. The van der Waals surface area contributed by atoms with Gasteiger partial charge >= 0.3 is 5.97 Å². The van der Waals surface area contributed by atoms with Gasteiger partial charge in [-0.2, -0.15) is 0 Å². The molecule has 0 spiro atoms. The highest BCUT2D eigenvalue weighted by atomic mass is 35.5. The van der Waals surface area contributed by atoms with Gasteiger partial charge in [-0.3, -0.25) is 9.59 Å². The number of fused-ring (bicyclic) bond motifs is 1. The van der Waals surface area contributed by atoms with Gasteiger partial charge in [0.2, 0.25) is 5.78 Å². The normalized spacial score (nSPS) is 13.9. The van der Waals surface area contributed by atoms with Crippen molar-refractivity contribution in [2.75, 3.05) is 0 Å². The van der Waals surface area contributed by atoms with Crippen molar-refractivity contribution < 1.29 is 23.6 Å². The summed E-state index contributed by atoms with van der Waals surface area (Å²) in [7, 11) is 0. The molecule has 0 unspecified atom stereocenters. The number of esters is 1. The van der Waals surface area contributed by atoms with E-state index < -0.39 is 5.97 Å². The van der Waals surface area contributed by atoms with Crippen LogP contribution in [0.1, 0.15) is 33.7 Å². The number of rotatable bonds is 5. The second-order valence-electron chi connectivity index (χ2n) is 6.77. The monoisotopic (exact) mass is 477 g/mol. The third kappa shape index (κ3) is 4.61. The van der Waals surface area contributed by atoms with E-state index in [4.69, 9.17) is 48.8 Å². The van der Waals surface area contributed by atoms with E-state index >= 15 is 0 Å². The summed E-state index contributed by atoms with van der Waals surface area (Å²) in [5.41, 5.74) is 1.60. The summed E-state index contributed by atoms with van der Waals surface area (Å²) in [5, 5.41) is 4.57. The minimum atomic E-state index is -0.466. The molecule has 1 aliphatic rings. The van der Waals surface area contributed by atoms with Crippen LogP contribution in [0.25, 0.3) is 6.08 Å². The third-order valence-electron chi connectivity index (χ3n) is 4.61. The summed E-state index contributed by atoms with van der Waals surface area (Å²) in [6.45, 7) is 1.72. The predicted molar refractivity (Wildman–Crippen MR) is 116 cm³/mol. The summed E-state index contributed by atoms with van der Waals surface area (Å²) in [5.74, 6) is 0.545. The molecule has 31 heavy (non-hydrogen) atoms. The van der Waals surface area contributed by atoms with Crippen molar-refractivity contribution >= 4 is 52.6 Å². The molecule has 2 aromatic carbocycles. The Kier molecular flexibility index (Phi) is 6.05. The number of Topliss-reactive ketones (excluding diaryl/α,β-unsaturated/α-hetero) is 1. The molecule has 4 rings (SSSR count). The lowest BCUT2D eigenvalue weighted by atomic mass is 10.1. The summed E-state index contributed by atoms with van der Waals surface area (Å²) in [4.78, 5) is 24.9. The summed E-state index contributed by atoms with van der Waals surface area (Å²) < 4.78 is 16.2. The number of carbonyl (C=O) groups excluding carboxylic acids is 2. The van der Waals surface area contributed by atoms with Gasteiger partial charge in [0.1, 0.15) is 17.3 Å². The number of aryl methyl sites for hydroxylation is 1. The quantitative estimate of drug-likeness (QED) is 0.250. The number of carbonyl (C=O) groups is 2. The Bertz CT molecular complexity index is 1230. The zero-order chi connectivity index (χ0) is 22.1. The van der Waals surface area contributed by atoms with Crippen molar-refractivity contribution in [1.82, 2.24) is 5.16 Å². The van der Waals surface area contributed by atoms with Gasteiger partial charge in [0, 0.05) is 18.1 Å². The molecule has 9 heteroatoms. The van der Waals surface area contributed by atoms with Crippen LogP contribution < -0.4 is 9.47 Å². The molecule has 0 bridgehead atoms. The molecule has 0 atom stereocenters. The second-order valence-corrected chi connectivity index (χ2v) is 7.97. The predicted octanol–water partition coefficient (Wildman–Crippen LogP) is 6.10. The largest absolute Gasteiger partial charge is 0.452 e. The van der Waals surface area contributed by atoms with Crippen molar-refractivity contribution in [3.05, 3.63) is 79.8 Å². The van der Waals surface area contributed by atoms with Crippen LogP contribution in [0.2, 0.25) is 15.2 Å². The smallest absolute Gasteiger partial charge is 0.311 e. The van der Waals surface area contributed by atoms with Crippen LogP contribution in [-0.2, 0) is 11.2 Å². The first-order valence-electron chi connectivity index (χ1n) is 9.16. The molecule has 1 aromatic heterocycles. The van der Waals surface area contributed by atoms with Crippen LogP contribution in [0, 0.1) is 6.92 Å². The number of nitrogens with zero attached hydrogens (tertiary/aromatic N) is 1. The van der Waals surface area contributed by atoms with Crippen molar-refractivity contribution in [3.63, 3.8) is 0 Å². The minimum absolute atomic E-state index is 0.0737. The van der Waals surface area contributed by atoms with Crippen molar-refractivity contribution in [3.8, 4) is 11.5 Å². The fourth-order valence-corrected chi connectivity index (χ4v) is 3.50. The van der Waals surface area contributed by atoms with Crippen LogP contribution >= 0.6 is 34.8 Å². The molecule has 1 aliphatic heterocycles. The van der Waals surface area contributed by atoms with Crippen LogP contribution in [0.15, 0.2) is 46.7 Å². The van der Waals surface area contributed by atoms with Gasteiger partial charge in [-0.05, 0) is 42.8 Å². The molecule has 0 saturated heterocycles. The SMILES string of the molecule is Cc1c(OC(=O)CCc2cc(Cl)no2)ccc2c1O/C(=C\c1ccc(Cl)c(Cl)c1)C2=O. The fraction of sp³-hybridized carbons (Fsp3) is 0.136. The molecule has 0 aliphatic carbocycles. The van der Waals surface area contributed by atoms with Crippen LogP contribution in [0.4, 0.5) is 0 Å². The zero-order valence-electron chi connectivity index (χ0n) is 16.1. The molecule has 0 N–H and O–H groups in total. The highest BCUT2D eigenvalue weighted by Gasteiger charge is 2.30. The topological polar surface area (TPSA) is 78.6 Å². The van der Waals surface area contributed by atoms with E-state index in [1.165, 1.54) is 6.07 Å². The minimum Gasteiger partial charge on any atom is -0.452 e. The van der Waals surface area contributed by atoms with Gasteiger partial charge in [-0.15, -0.1) is 0 Å². The highest BCUT2D eigenvalue weighted by Crippen LogP contribution is 2.39. The van der Waals surface area contributed by atoms with Crippen molar-refractivity contribution in [1.29, 1.82) is 0 Å². The zero-order valence-corrected chi connectivity index (χ0v) is 18.3.